The molecule has 0 saturated carbocycles. The van der Waals surface area contributed by atoms with Gasteiger partial charge in [0.2, 0.25) is 0 Å². The summed E-state index contributed by atoms with van der Waals surface area (Å²) in [6, 6.07) is 10.1. The van der Waals surface area contributed by atoms with Gasteiger partial charge in [0.05, 0.1) is 11.7 Å². The van der Waals surface area contributed by atoms with Gasteiger partial charge in [0.25, 0.3) is 0 Å². The first kappa shape index (κ1) is 13.1. The van der Waals surface area contributed by atoms with Crippen LogP contribution in [0.3, 0.4) is 0 Å². The second-order valence-electron chi connectivity index (χ2n) is 4.41. The van der Waals surface area contributed by atoms with Crippen molar-refractivity contribution < 1.29 is 4.74 Å². The van der Waals surface area contributed by atoms with Gasteiger partial charge in [-0.1, -0.05) is 18.2 Å². The molecule has 0 saturated heterocycles. The van der Waals surface area contributed by atoms with E-state index in [1.54, 1.807) is 12.4 Å². The number of fused-ring (bicyclic) bond motifs is 1. The molecule has 20 heavy (non-hydrogen) atoms. The van der Waals surface area contributed by atoms with Gasteiger partial charge in [0.15, 0.2) is 0 Å². The smallest absolute Gasteiger partial charge is 0.139 e. The number of aryl methyl sites for hydroxylation is 1. The molecule has 0 radical (unpaired) electrons. The third-order valence-corrected chi connectivity index (χ3v) is 3.52. The van der Waals surface area contributed by atoms with Crippen molar-refractivity contribution in [2.24, 2.45) is 0 Å². The highest BCUT2D eigenvalue weighted by atomic mass is 79.9. The molecule has 5 heteroatoms. The molecule has 0 atom stereocenters. The Balaban J connectivity index is 1.88. The van der Waals surface area contributed by atoms with Gasteiger partial charge in [-0.05, 0) is 35.0 Å². The van der Waals surface area contributed by atoms with Crippen LogP contribution < -0.4 is 4.74 Å². The SMILES string of the molecule is CCn1nc(COc2cncc(Br)c2)c2ccccc21. The summed E-state index contributed by atoms with van der Waals surface area (Å²) >= 11 is 3.38. The Hall–Kier alpha value is -1.88. The Bertz CT molecular complexity index is 739. The molecule has 0 aliphatic carbocycles. The number of hydrogen-bond donors (Lipinski definition) is 0. The van der Waals surface area contributed by atoms with Gasteiger partial charge in [-0.2, -0.15) is 5.10 Å². The molecule has 3 aromatic rings. The lowest BCUT2D eigenvalue weighted by Crippen LogP contribution is -2.00. The summed E-state index contributed by atoms with van der Waals surface area (Å²) in [7, 11) is 0. The van der Waals surface area contributed by atoms with E-state index in [-0.39, 0.29) is 0 Å². The van der Waals surface area contributed by atoms with Gasteiger partial charge in [0, 0.05) is 22.6 Å². The summed E-state index contributed by atoms with van der Waals surface area (Å²) in [5.74, 6) is 0.731. The third-order valence-electron chi connectivity index (χ3n) is 3.09. The van der Waals surface area contributed by atoms with Crippen molar-refractivity contribution in [1.82, 2.24) is 14.8 Å². The minimum atomic E-state index is 0.436. The topological polar surface area (TPSA) is 39.9 Å². The number of hydrogen-bond acceptors (Lipinski definition) is 3. The van der Waals surface area contributed by atoms with Gasteiger partial charge in [0.1, 0.15) is 18.1 Å². The lowest BCUT2D eigenvalue weighted by Gasteiger charge is -2.04. The molecule has 3 rings (SSSR count). The predicted octanol–water partition coefficient (Wildman–Crippen LogP) is 3.79. The second kappa shape index (κ2) is 5.63. The van der Waals surface area contributed by atoms with Crippen molar-refractivity contribution in [3.05, 3.63) is 52.9 Å². The van der Waals surface area contributed by atoms with Gasteiger partial charge >= 0.3 is 0 Å². The van der Waals surface area contributed by atoms with Crippen LogP contribution in [-0.2, 0) is 13.2 Å². The molecule has 0 bridgehead atoms. The molecule has 102 valence electrons. The molecule has 0 fully saturated rings. The molecule has 2 heterocycles. The number of rotatable bonds is 4. The van der Waals surface area contributed by atoms with Crippen LogP contribution in [0.5, 0.6) is 5.75 Å². The van der Waals surface area contributed by atoms with Crippen LogP contribution in [0.15, 0.2) is 47.2 Å². The van der Waals surface area contributed by atoms with E-state index >= 15 is 0 Å². The highest BCUT2D eigenvalue weighted by Gasteiger charge is 2.09. The predicted molar refractivity (Wildman–Crippen MR) is 81.7 cm³/mol. The minimum Gasteiger partial charge on any atom is -0.486 e. The Morgan fingerprint density at radius 3 is 2.90 bits per heavy atom. The van der Waals surface area contributed by atoms with E-state index < -0.39 is 0 Å². The van der Waals surface area contributed by atoms with E-state index in [9.17, 15) is 0 Å². The largest absolute Gasteiger partial charge is 0.486 e. The van der Waals surface area contributed by atoms with Crippen molar-refractivity contribution in [2.45, 2.75) is 20.1 Å². The van der Waals surface area contributed by atoms with Crippen LogP contribution >= 0.6 is 15.9 Å². The molecule has 0 amide bonds. The molecule has 0 spiro atoms. The Kier molecular flexibility index (Phi) is 3.69. The van der Waals surface area contributed by atoms with E-state index in [0.29, 0.717) is 6.61 Å². The summed E-state index contributed by atoms with van der Waals surface area (Å²) in [5.41, 5.74) is 2.09. The van der Waals surface area contributed by atoms with E-state index in [4.69, 9.17) is 4.74 Å². The summed E-state index contributed by atoms with van der Waals surface area (Å²) in [4.78, 5) is 4.08. The fourth-order valence-electron chi connectivity index (χ4n) is 2.17. The average molecular weight is 332 g/mol. The maximum absolute atomic E-state index is 5.77. The zero-order valence-corrected chi connectivity index (χ0v) is 12.7. The molecule has 1 aromatic carbocycles. The summed E-state index contributed by atoms with van der Waals surface area (Å²) < 4.78 is 8.67. The molecule has 0 aliphatic rings. The highest BCUT2D eigenvalue weighted by Crippen LogP contribution is 2.21. The zero-order valence-electron chi connectivity index (χ0n) is 11.1. The van der Waals surface area contributed by atoms with Gasteiger partial charge in [-0.3, -0.25) is 9.67 Å². The van der Waals surface area contributed by atoms with Crippen molar-refractivity contribution in [1.29, 1.82) is 0 Å². The van der Waals surface area contributed by atoms with E-state index in [1.165, 1.54) is 0 Å². The summed E-state index contributed by atoms with van der Waals surface area (Å²) in [5, 5.41) is 5.74. The molecular formula is C15H14BrN3O. The number of benzene rings is 1. The molecule has 2 aromatic heterocycles. The van der Waals surface area contributed by atoms with Crippen molar-refractivity contribution in [3.63, 3.8) is 0 Å². The van der Waals surface area contributed by atoms with E-state index in [0.717, 1.165) is 33.4 Å². The lowest BCUT2D eigenvalue weighted by atomic mass is 10.2. The maximum Gasteiger partial charge on any atom is 0.139 e. The monoisotopic (exact) mass is 331 g/mol. The number of nitrogens with zero attached hydrogens (tertiary/aromatic N) is 3. The average Bonchev–Trinajstić information content (AvgIpc) is 2.83. The first-order chi connectivity index (χ1) is 9.78. The normalized spacial score (nSPS) is 10.9. The quantitative estimate of drug-likeness (QED) is 0.730. The minimum absolute atomic E-state index is 0.436. The van der Waals surface area contributed by atoms with Crippen LogP contribution in [0.2, 0.25) is 0 Å². The van der Waals surface area contributed by atoms with Crippen LogP contribution in [-0.4, -0.2) is 14.8 Å². The molecule has 0 aliphatic heterocycles. The van der Waals surface area contributed by atoms with Crippen molar-refractivity contribution in [2.75, 3.05) is 0 Å². The number of para-hydroxylation sites is 1. The molecular weight excluding hydrogens is 318 g/mol. The van der Waals surface area contributed by atoms with Crippen LogP contribution in [0.25, 0.3) is 10.9 Å². The van der Waals surface area contributed by atoms with Crippen LogP contribution in [0.4, 0.5) is 0 Å². The Morgan fingerprint density at radius 2 is 2.10 bits per heavy atom. The number of halogens is 1. The number of pyridine rings is 1. The van der Waals surface area contributed by atoms with E-state index in [1.807, 2.05) is 22.9 Å². The fourth-order valence-corrected chi connectivity index (χ4v) is 2.51. The Morgan fingerprint density at radius 1 is 1.25 bits per heavy atom. The molecule has 0 N–H and O–H groups in total. The maximum atomic E-state index is 5.77. The zero-order chi connectivity index (χ0) is 13.9. The molecule has 0 unspecified atom stereocenters. The number of aromatic nitrogens is 3. The van der Waals surface area contributed by atoms with Crippen molar-refractivity contribution in [3.8, 4) is 5.75 Å². The van der Waals surface area contributed by atoms with Gasteiger partial charge in [-0.15, -0.1) is 0 Å². The van der Waals surface area contributed by atoms with Crippen LogP contribution in [0.1, 0.15) is 12.6 Å². The highest BCUT2D eigenvalue weighted by molar-refractivity contribution is 9.10. The summed E-state index contributed by atoms with van der Waals surface area (Å²) in [6.07, 6.45) is 3.43. The van der Waals surface area contributed by atoms with E-state index in [2.05, 4.69) is 45.1 Å². The van der Waals surface area contributed by atoms with Gasteiger partial charge in [-0.25, -0.2) is 0 Å². The molecule has 4 nitrogen and oxygen atoms in total. The number of ether oxygens (including phenoxy) is 1. The fraction of sp³-hybridized carbons (Fsp3) is 0.200. The van der Waals surface area contributed by atoms with Gasteiger partial charge < -0.3 is 4.74 Å². The summed E-state index contributed by atoms with van der Waals surface area (Å²) in [6.45, 7) is 3.37. The first-order valence-electron chi connectivity index (χ1n) is 6.45. The van der Waals surface area contributed by atoms with Crippen molar-refractivity contribution >= 4 is 26.8 Å². The third kappa shape index (κ3) is 2.54. The second-order valence-corrected chi connectivity index (χ2v) is 5.32. The standard InChI is InChI=1S/C15H14BrN3O/c1-2-19-15-6-4-3-5-13(15)14(18-19)10-20-12-7-11(16)8-17-9-12/h3-9H,2,10H2,1H3. The Labute approximate surface area is 125 Å². The first-order valence-corrected chi connectivity index (χ1v) is 7.25. The lowest BCUT2D eigenvalue weighted by molar-refractivity contribution is 0.299. The van der Waals surface area contributed by atoms with Crippen LogP contribution in [0, 0.1) is 0 Å².